The fraction of sp³-hybridized carbons (Fsp3) is 0.269. The van der Waals surface area contributed by atoms with Gasteiger partial charge in [0.1, 0.15) is 35.7 Å². The number of methoxy groups -OCH3 is 1. The van der Waals surface area contributed by atoms with Crippen LogP contribution in [-0.2, 0) is 0 Å². The highest BCUT2D eigenvalue weighted by atomic mass is 16.5. The monoisotopic (exact) mass is 497 g/mol. The van der Waals surface area contributed by atoms with Gasteiger partial charge in [-0.3, -0.25) is 0 Å². The van der Waals surface area contributed by atoms with Crippen molar-refractivity contribution in [2.45, 2.75) is 6.92 Å². The lowest BCUT2D eigenvalue weighted by molar-refractivity contribution is 0.310. The van der Waals surface area contributed by atoms with Crippen LogP contribution in [0.4, 0.5) is 17.2 Å². The molecule has 4 aromatic heterocycles. The molecule has 0 unspecified atom stereocenters. The van der Waals surface area contributed by atoms with Crippen molar-refractivity contribution in [3.8, 4) is 17.4 Å². The molecule has 6 rings (SSSR count). The Hall–Kier alpha value is -4.51. The number of nitrogens with one attached hydrogen (secondary N) is 1. The Morgan fingerprint density at radius 1 is 0.946 bits per heavy atom. The number of ether oxygens (including phenoxy) is 2. The molecule has 0 spiro atoms. The summed E-state index contributed by atoms with van der Waals surface area (Å²) >= 11 is 0. The molecule has 0 saturated carbocycles. The Kier molecular flexibility index (Phi) is 5.89. The minimum atomic E-state index is 0.569. The van der Waals surface area contributed by atoms with Gasteiger partial charge >= 0.3 is 0 Å². The maximum atomic E-state index is 6.13. The molecule has 0 bridgehead atoms. The number of rotatable bonds is 6. The van der Waals surface area contributed by atoms with Gasteiger partial charge in [0.25, 0.3) is 0 Å². The maximum absolute atomic E-state index is 6.13. The molecule has 0 amide bonds. The van der Waals surface area contributed by atoms with Gasteiger partial charge in [0.15, 0.2) is 5.65 Å². The predicted molar refractivity (Wildman–Crippen MR) is 141 cm³/mol. The molecule has 0 aliphatic carbocycles. The van der Waals surface area contributed by atoms with Crippen LogP contribution in [0.25, 0.3) is 16.6 Å². The number of benzene rings is 1. The number of anilines is 3. The number of pyridine rings is 2. The molecule has 1 aromatic carbocycles. The molecular formula is C26H27N9O2. The second-order valence-electron chi connectivity index (χ2n) is 9.02. The van der Waals surface area contributed by atoms with Gasteiger partial charge in [-0.05, 0) is 43.8 Å². The fourth-order valence-electron chi connectivity index (χ4n) is 4.55. The average Bonchev–Trinajstić information content (AvgIpc) is 3.38. The lowest BCUT2D eigenvalue weighted by atomic mass is 10.1. The van der Waals surface area contributed by atoms with E-state index in [1.807, 2.05) is 43.5 Å². The van der Waals surface area contributed by atoms with Crippen molar-refractivity contribution < 1.29 is 9.47 Å². The van der Waals surface area contributed by atoms with Crippen molar-refractivity contribution in [1.82, 2.24) is 34.4 Å². The van der Waals surface area contributed by atoms with Crippen molar-refractivity contribution in [2.24, 2.45) is 0 Å². The number of likely N-dealkylation sites (N-methyl/N-ethyl adjacent to an activating group) is 1. The maximum Gasteiger partial charge on any atom is 0.238 e. The van der Waals surface area contributed by atoms with Crippen molar-refractivity contribution in [3.05, 3.63) is 60.9 Å². The highest BCUT2D eigenvalue weighted by Gasteiger charge is 2.24. The van der Waals surface area contributed by atoms with E-state index in [1.54, 1.807) is 24.1 Å². The summed E-state index contributed by atoms with van der Waals surface area (Å²) in [6.45, 7) is 5.67. The number of aromatic nitrogens is 6. The lowest BCUT2D eigenvalue weighted by Gasteiger charge is -2.35. The first-order valence-electron chi connectivity index (χ1n) is 12.0. The van der Waals surface area contributed by atoms with Crippen LogP contribution in [0, 0.1) is 6.92 Å². The standard InChI is InChI=1S/C26H27N9O2/c1-17-12-18(4-5-21(17)37-19-6-7-35-22(13-19)29-16-31-35)32-25-23-20(28-15-30-25)14-27-26(36-3)24(23)34-10-8-33(2)9-11-34/h4-7,12-16H,8-11H2,1-3H3,(H,28,30,32). The lowest BCUT2D eigenvalue weighted by Crippen LogP contribution is -2.44. The number of piperazine rings is 1. The summed E-state index contributed by atoms with van der Waals surface area (Å²) in [5.41, 5.74) is 4.26. The molecule has 1 fully saturated rings. The van der Waals surface area contributed by atoms with Crippen LogP contribution in [0.3, 0.4) is 0 Å². The van der Waals surface area contributed by atoms with Gasteiger partial charge in [-0.25, -0.2) is 24.5 Å². The SMILES string of the molecule is COc1ncc2ncnc(Nc3ccc(Oc4ccn5ncnc5c4)c(C)c3)c2c1N1CCN(C)CC1. The van der Waals surface area contributed by atoms with Gasteiger partial charge in [0.2, 0.25) is 5.88 Å². The summed E-state index contributed by atoms with van der Waals surface area (Å²) in [5, 5.41) is 8.50. The highest BCUT2D eigenvalue weighted by molar-refractivity contribution is 6.02. The van der Waals surface area contributed by atoms with Gasteiger partial charge in [0.05, 0.1) is 24.2 Å². The third-order valence-electron chi connectivity index (χ3n) is 6.55. The third kappa shape index (κ3) is 4.45. The molecule has 0 radical (unpaired) electrons. The summed E-state index contributed by atoms with van der Waals surface area (Å²) < 4.78 is 13.5. The summed E-state index contributed by atoms with van der Waals surface area (Å²) in [5.74, 6) is 2.72. The van der Waals surface area contributed by atoms with E-state index in [4.69, 9.17) is 9.47 Å². The summed E-state index contributed by atoms with van der Waals surface area (Å²) in [6, 6.07) is 9.67. The van der Waals surface area contributed by atoms with Crippen molar-refractivity contribution in [1.29, 1.82) is 0 Å². The van der Waals surface area contributed by atoms with Crippen LogP contribution in [0.1, 0.15) is 5.56 Å². The number of aryl methyl sites for hydroxylation is 1. The Morgan fingerprint density at radius 3 is 2.62 bits per heavy atom. The number of nitrogens with zero attached hydrogens (tertiary/aromatic N) is 8. The Bertz CT molecular complexity index is 1580. The van der Waals surface area contributed by atoms with E-state index in [0.29, 0.717) is 17.4 Å². The van der Waals surface area contributed by atoms with Crippen LogP contribution in [0.2, 0.25) is 0 Å². The van der Waals surface area contributed by atoms with Crippen LogP contribution in [0.15, 0.2) is 55.4 Å². The van der Waals surface area contributed by atoms with Crippen LogP contribution in [-0.4, -0.2) is 74.8 Å². The fourth-order valence-corrected chi connectivity index (χ4v) is 4.55. The van der Waals surface area contributed by atoms with E-state index in [1.165, 1.54) is 6.33 Å². The molecule has 0 atom stereocenters. The first-order chi connectivity index (χ1) is 18.1. The van der Waals surface area contributed by atoms with E-state index in [-0.39, 0.29) is 0 Å². The zero-order valence-electron chi connectivity index (χ0n) is 20.9. The summed E-state index contributed by atoms with van der Waals surface area (Å²) in [7, 11) is 3.78. The zero-order chi connectivity index (χ0) is 25.4. The van der Waals surface area contributed by atoms with E-state index in [2.05, 4.69) is 47.2 Å². The minimum Gasteiger partial charge on any atom is -0.479 e. The molecule has 37 heavy (non-hydrogen) atoms. The molecule has 1 N–H and O–H groups in total. The molecule has 1 saturated heterocycles. The molecule has 5 aromatic rings. The van der Waals surface area contributed by atoms with Gasteiger partial charge in [0, 0.05) is 44.1 Å². The zero-order valence-corrected chi connectivity index (χ0v) is 20.9. The Morgan fingerprint density at radius 2 is 1.81 bits per heavy atom. The molecule has 1 aliphatic heterocycles. The Balaban J connectivity index is 1.32. The minimum absolute atomic E-state index is 0.569. The number of hydrogen-bond donors (Lipinski definition) is 1. The predicted octanol–water partition coefficient (Wildman–Crippen LogP) is 3.67. The van der Waals surface area contributed by atoms with Gasteiger partial charge < -0.3 is 24.6 Å². The molecule has 11 heteroatoms. The van der Waals surface area contributed by atoms with Crippen LogP contribution in [0.5, 0.6) is 17.4 Å². The largest absolute Gasteiger partial charge is 0.479 e. The second-order valence-corrected chi connectivity index (χ2v) is 9.02. The normalized spacial score (nSPS) is 14.3. The van der Waals surface area contributed by atoms with Crippen molar-refractivity contribution in [3.63, 3.8) is 0 Å². The summed E-state index contributed by atoms with van der Waals surface area (Å²) in [6.07, 6.45) is 6.62. The molecule has 11 nitrogen and oxygen atoms in total. The van der Waals surface area contributed by atoms with Crippen molar-refractivity contribution in [2.75, 3.05) is 50.6 Å². The van der Waals surface area contributed by atoms with E-state index in [9.17, 15) is 0 Å². The number of hydrogen-bond acceptors (Lipinski definition) is 10. The first-order valence-corrected chi connectivity index (χ1v) is 12.0. The average molecular weight is 498 g/mol. The van der Waals surface area contributed by atoms with E-state index in [0.717, 1.165) is 65.4 Å². The van der Waals surface area contributed by atoms with E-state index < -0.39 is 0 Å². The van der Waals surface area contributed by atoms with Gasteiger partial charge in [-0.15, -0.1) is 0 Å². The smallest absolute Gasteiger partial charge is 0.238 e. The molecule has 1 aliphatic rings. The van der Waals surface area contributed by atoms with Gasteiger partial charge in [-0.2, -0.15) is 5.10 Å². The second kappa shape index (κ2) is 9.51. The third-order valence-corrected chi connectivity index (χ3v) is 6.55. The molecular weight excluding hydrogens is 470 g/mol. The number of fused-ring (bicyclic) bond motifs is 2. The summed E-state index contributed by atoms with van der Waals surface area (Å²) in [4.78, 5) is 22.5. The molecule has 188 valence electrons. The van der Waals surface area contributed by atoms with E-state index >= 15 is 0 Å². The molecule has 5 heterocycles. The highest BCUT2D eigenvalue weighted by Crippen LogP contribution is 2.39. The Labute approximate surface area is 213 Å². The quantitative estimate of drug-likeness (QED) is 0.373. The van der Waals surface area contributed by atoms with Crippen LogP contribution >= 0.6 is 0 Å². The first kappa shape index (κ1) is 22.9. The van der Waals surface area contributed by atoms with Crippen LogP contribution < -0.4 is 19.7 Å². The topological polar surface area (TPSA) is 106 Å². The van der Waals surface area contributed by atoms with Gasteiger partial charge in [-0.1, -0.05) is 0 Å². The van der Waals surface area contributed by atoms with Crippen molar-refractivity contribution >= 4 is 33.7 Å².